The van der Waals surface area contributed by atoms with E-state index in [4.69, 9.17) is 9.47 Å². The summed E-state index contributed by atoms with van der Waals surface area (Å²) in [4.78, 5) is 8.85. The monoisotopic (exact) mass is 507 g/mol. The van der Waals surface area contributed by atoms with Crippen LogP contribution in [0.4, 0.5) is 0 Å². The van der Waals surface area contributed by atoms with Crippen LogP contribution in [-0.2, 0) is 23.2 Å². The predicted octanol–water partition coefficient (Wildman–Crippen LogP) is 2.79. The molecular formula is C24H25N7O4S. The second-order valence-electron chi connectivity index (χ2n) is 8.27. The second kappa shape index (κ2) is 9.21. The molecule has 5 aromatic rings. The zero-order chi connectivity index (χ0) is 25.4. The van der Waals surface area contributed by atoms with Crippen molar-refractivity contribution in [3.63, 3.8) is 0 Å². The Balaban J connectivity index is 1.57. The van der Waals surface area contributed by atoms with E-state index < -0.39 is 10.0 Å². The van der Waals surface area contributed by atoms with E-state index in [2.05, 4.69) is 25.0 Å². The van der Waals surface area contributed by atoms with E-state index in [1.54, 1.807) is 47.9 Å². The van der Waals surface area contributed by atoms with Crippen LogP contribution in [0.25, 0.3) is 22.1 Å². The zero-order valence-electron chi connectivity index (χ0n) is 20.3. The molecule has 1 N–H and O–H groups in total. The van der Waals surface area contributed by atoms with Crippen molar-refractivity contribution in [2.45, 2.75) is 32.2 Å². The van der Waals surface area contributed by atoms with Gasteiger partial charge in [0.05, 0.1) is 43.0 Å². The van der Waals surface area contributed by atoms with Crippen LogP contribution in [0.5, 0.6) is 11.5 Å². The fraction of sp³-hybridized carbons (Fsp3) is 0.250. The Hall–Kier alpha value is -4.03. The fourth-order valence-electron chi connectivity index (χ4n) is 4.18. The van der Waals surface area contributed by atoms with Gasteiger partial charge in [-0.3, -0.25) is 9.55 Å². The number of fused-ring (bicyclic) bond motifs is 2. The number of rotatable bonds is 8. The molecular weight excluding hydrogens is 482 g/mol. The highest BCUT2D eigenvalue weighted by atomic mass is 32.2. The van der Waals surface area contributed by atoms with Crippen LogP contribution >= 0.6 is 0 Å². The number of benzene rings is 2. The Morgan fingerprint density at radius 3 is 2.58 bits per heavy atom. The molecule has 0 aliphatic rings. The smallest absolute Gasteiger partial charge is 0.274 e. The van der Waals surface area contributed by atoms with Crippen LogP contribution in [0.2, 0.25) is 0 Å². The van der Waals surface area contributed by atoms with Crippen LogP contribution in [0.1, 0.15) is 16.8 Å². The number of ether oxygens (including phenoxy) is 2. The van der Waals surface area contributed by atoms with Crippen LogP contribution in [0, 0.1) is 13.8 Å². The van der Waals surface area contributed by atoms with Crippen molar-refractivity contribution in [3.05, 3.63) is 65.5 Å². The molecule has 11 nitrogen and oxygen atoms in total. The topological polar surface area (TPSA) is 126 Å². The lowest BCUT2D eigenvalue weighted by molar-refractivity contribution is 0.406. The van der Waals surface area contributed by atoms with E-state index >= 15 is 0 Å². The third-order valence-electron chi connectivity index (χ3n) is 6.04. The maximum atomic E-state index is 13.5. The standard InChI is InChI=1S/C24H25N7O4S/c1-15-12-25-20(16(2)23(15)35-4)13-26-36(32,33)24-27-18-10-9-17(34-3)11-22(18)30(24)14-31-21-8-6-5-7-19(21)28-29-31/h5-12,26H,13-14H2,1-4H3. The van der Waals surface area contributed by atoms with Gasteiger partial charge in [-0.25, -0.2) is 22.8 Å². The summed E-state index contributed by atoms with van der Waals surface area (Å²) >= 11 is 0. The van der Waals surface area contributed by atoms with Crippen molar-refractivity contribution in [2.24, 2.45) is 0 Å². The van der Waals surface area contributed by atoms with Crippen LogP contribution in [0.3, 0.4) is 0 Å². The zero-order valence-corrected chi connectivity index (χ0v) is 21.1. The predicted molar refractivity (Wildman–Crippen MR) is 133 cm³/mol. The molecule has 0 aliphatic heterocycles. The van der Waals surface area contributed by atoms with Gasteiger partial charge >= 0.3 is 0 Å². The molecule has 0 spiro atoms. The number of hydrogen-bond donors (Lipinski definition) is 1. The van der Waals surface area contributed by atoms with E-state index in [0.717, 1.165) is 16.6 Å². The third kappa shape index (κ3) is 4.14. The van der Waals surface area contributed by atoms with E-state index in [-0.39, 0.29) is 18.4 Å². The molecule has 0 aliphatic carbocycles. The molecule has 0 unspecified atom stereocenters. The van der Waals surface area contributed by atoms with Gasteiger partial charge in [-0.05, 0) is 38.1 Å². The van der Waals surface area contributed by atoms with Gasteiger partial charge in [0, 0.05) is 23.4 Å². The lowest BCUT2D eigenvalue weighted by atomic mass is 10.1. The molecule has 0 amide bonds. The molecule has 0 saturated carbocycles. The summed E-state index contributed by atoms with van der Waals surface area (Å²) in [5.41, 5.74) is 4.77. The SMILES string of the molecule is COc1ccc2nc(S(=O)(=O)NCc3ncc(C)c(OC)c3C)n(Cn3nnc4ccccc43)c2c1. The van der Waals surface area contributed by atoms with Crippen molar-refractivity contribution >= 4 is 32.1 Å². The maximum absolute atomic E-state index is 13.5. The highest BCUT2D eigenvalue weighted by Gasteiger charge is 2.25. The number of aromatic nitrogens is 6. The average molecular weight is 508 g/mol. The minimum atomic E-state index is -4.05. The number of methoxy groups -OCH3 is 2. The van der Waals surface area contributed by atoms with Gasteiger partial charge in [0.15, 0.2) is 0 Å². The van der Waals surface area contributed by atoms with Crippen molar-refractivity contribution in [3.8, 4) is 11.5 Å². The number of pyridine rings is 1. The number of hydrogen-bond acceptors (Lipinski definition) is 8. The normalized spacial score (nSPS) is 11.9. The summed E-state index contributed by atoms with van der Waals surface area (Å²) in [6.45, 7) is 3.79. The summed E-state index contributed by atoms with van der Waals surface area (Å²) in [6, 6.07) is 12.7. The summed E-state index contributed by atoms with van der Waals surface area (Å²) in [5, 5.41) is 8.26. The first-order valence-corrected chi connectivity index (χ1v) is 12.6. The summed E-state index contributed by atoms with van der Waals surface area (Å²) in [7, 11) is -0.925. The molecule has 186 valence electrons. The molecule has 0 saturated heterocycles. The van der Waals surface area contributed by atoms with Crippen molar-refractivity contribution in [1.82, 2.24) is 34.3 Å². The average Bonchev–Trinajstić information content (AvgIpc) is 3.46. The Bertz CT molecular complexity index is 1690. The third-order valence-corrected chi connectivity index (χ3v) is 7.35. The van der Waals surface area contributed by atoms with Crippen LogP contribution < -0.4 is 14.2 Å². The number of imidazole rings is 1. The Morgan fingerprint density at radius 1 is 1.00 bits per heavy atom. The largest absolute Gasteiger partial charge is 0.497 e. The quantitative estimate of drug-likeness (QED) is 0.340. The van der Waals surface area contributed by atoms with Gasteiger partial charge in [0.2, 0.25) is 5.16 Å². The first-order valence-electron chi connectivity index (χ1n) is 11.1. The van der Waals surface area contributed by atoms with Crippen molar-refractivity contribution < 1.29 is 17.9 Å². The molecule has 2 aromatic carbocycles. The van der Waals surface area contributed by atoms with Gasteiger partial charge < -0.3 is 9.47 Å². The van der Waals surface area contributed by atoms with E-state index in [1.807, 2.05) is 38.1 Å². The number of nitrogens with zero attached hydrogens (tertiary/aromatic N) is 6. The van der Waals surface area contributed by atoms with Gasteiger partial charge in [-0.2, -0.15) is 0 Å². The molecule has 12 heteroatoms. The molecule has 0 radical (unpaired) electrons. The summed E-state index contributed by atoms with van der Waals surface area (Å²) in [6.07, 6.45) is 1.66. The minimum absolute atomic E-state index is 0.0242. The van der Waals surface area contributed by atoms with Gasteiger partial charge in [0.25, 0.3) is 10.0 Å². The Morgan fingerprint density at radius 2 is 1.81 bits per heavy atom. The van der Waals surface area contributed by atoms with E-state index in [0.29, 0.717) is 33.7 Å². The molecule has 0 fully saturated rings. The van der Waals surface area contributed by atoms with Gasteiger partial charge in [-0.1, -0.05) is 17.3 Å². The Labute approximate surface area is 207 Å². The van der Waals surface area contributed by atoms with Gasteiger partial charge in [0.1, 0.15) is 23.7 Å². The van der Waals surface area contributed by atoms with Crippen LogP contribution in [0.15, 0.2) is 53.8 Å². The van der Waals surface area contributed by atoms with E-state index in [1.165, 1.54) is 0 Å². The number of aryl methyl sites for hydroxylation is 1. The first kappa shape index (κ1) is 23.7. The van der Waals surface area contributed by atoms with Crippen LogP contribution in [-0.4, -0.2) is 52.2 Å². The summed E-state index contributed by atoms with van der Waals surface area (Å²) in [5.74, 6) is 1.26. The lowest BCUT2D eigenvalue weighted by Gasteiger charge is -2.14. The summed E-state index contributed by atoms with van der Waals surface area (Å²) < 4.78 is 43.8. The van der Waals surface area contributed by atoms with E-state index in [9.17, 15) is 8.42 Å². The Kier molecular flexibility index (Phi) is 6.06. The maximum Gasteiger partial charge on any atom is 0.274 e. The number of para-hydroxylation sites is 1. The fourth-order valence-corrected chi connectivity index (χ4v) is 5.30. The van der Waals surface area contributed by atoms with Crippen molar-refractivity contribution in [2.75, 3.05) is 14.2 Å². The molecule has 3 heterocycles. The molecule has 36 heavy (non-hydrogen) atoms. The number of sulfonamides is 1. The van der Waals surface area contributed by atoms with Gasteiger partial charge in [-0.15, -0.1) is 5.10 Å². The highest BCUT2D eigenvalue weighted by Crippen LogP contribution is 2.26. The molecule has 0 atom stereocenters. The molecule has 0 bridgehead atoms. The first-order chi connectivity index (χ1) is 17.3. The molecule has 5 rings (SSSR count). The molecule has 3 aromatic heterocycles. The highest BCUT2D eigenvalue weighted by molar-refractivity contribution is 7.89. The minimum Gasteiger partial charge on any atom is -0.497 e. The van der Waals surface area contributed by atoms with Crippen molar-refractivity contribution in [1.29, 1.82) is 0 Å². The lowest BCUT2D eigenvalue weighted by Crippen LogP contribution is -2.28. The number of nitrogens with one attached hydrogen (secondary N) is 1. The second-order valence-corrected chi connectivity index (χ2v) is 9.93.